The van der Waals surface area contributed by atoms with Crippen molar-refractivity contribution in [1.29, 1.82) is 0 Å². The van der Waals surface area contributed by atoms with Gasteiger partial charge in [-0.25, -0.2) is 0 Å². The summed E-state index contributed by atoms with van der Waals surface area (Å²) in [7, 11) is 0. The number of aliphatic hydroxyl groups excluding tert-OH is 1. The second-order valence-corrected chi connectivity index (χ2v) is 7.46. The number of carboxylic acid groups (broad SMARTS) is 1. The zero-order valence-corrected chi connectivity index (χ0v) is 16.3. The van der Waals surface area contributed by atoms with Gasteiger partial charge in [-0.05, 0) is 32.1 Å². The van der Waals surface area contributed by atoms with Crippen LogP contribution >= 0.6 is 0 Å². The first kappa shape index (κ1) is 23.3. The van der Waals surface area contributed by atoms with E-state index in [1.165, 1.54) is 0 Å². The van der Waals surface area contributed by atoms with E-state index < -0.39 is 17.7 Å². The Morgan fingerprint density at radius 3 is 2.67 bits per heavy atom. The largest absolute Gasteiger partial charge is 0.481 e. The first-order chi connectivity index (χ1) is 12.8. The van der Waals surface area contributed by atoms with E-state index in [-0.39, 0.29) is 30.5 Å². The van der Waals surface area contributed by atoms with E-state index in [4.69, 9.17) is 5.11 Å². The molecule has 27 heavy (non-hydrogen) atoms. The highest BCUT2D eigenvalue weighted by molar-refractivity contribution is 5.84. The van der Waals surface area contributed by atoms with Crippen LogP contribution in [0.2, 0.25) is 0 Å². The number of carbonyl (C=O) groups is 2. The van der Waals surface area contributed by atoms with Gasteiger partial charge in [-0.1, -0.05) is 50.1 Å². The lowest BCUT2D eigenvalue weighted by molar-refractivity contribution is -0.137. The van der Waals surface area contributed by atoms with E-state index in [0.717, 1.165) is 12.8 Å². The van der Waals surface area contributed by atoms with Gasteiger partial charge in [0.2, 0.25) is 0 Å². The summed E-state index contributed by atoms with van der Waals surface area (Å²) in [6.45, 7) is 5.79. The molecular weight excluding hydrogens is 344 g/mol. The second kappa shape index (κ2) is 11.9. The number of carbonyl (C=O) groups excluding carboxylic acids is 1. The molecule has 1 fully saturated rings. The minimum Gasteiger partial charge on any atom is -0.481 e. The Kier molecular flexibility index (Phi) is 10.3. The fraction of sp³-hybridized carbons (Fsp3) is 0.636. The van der Waals surface area contributed by atoms with Crippen molar-refractivity contribution in [2.24, 2.45) is 11.8 Å². The third-order valence-corrected chi connectivity index (χ3v) is 5.22. The summed E-state index contributed by atoms with van der Waals surface area (Å²) in [5.74, 6) is -1.26. The highest BCUT2D eigenvalue weighted by atomic mass is 16.4. The third-order valence-electron chi connectivity index (χ3n) is 5.22. The van der Waals surface area contributed by atoms with Gasteiger partial charge in [0.05, 0.1) is 11.7 Å². The van der Waals surface area contributed by atoms with Crippen LogP contribution < -0.4 is 0 Å². The summed E-state index contributed by atoms with van der Waals surface area (Å²) in [5.41, 5.74) is -0.945. The summed E-state index contributed by atoms with van der Waals surface area (Å²) >= 11 is 0. The van der Waals surface area contributed by atoms with Crippen LogP contribution in [0.3, 0.4) is 0 Å². The molecule has 0 bridgehead atoms. The molecule has 1 aliphatic rings. The van der Waals surface area contributed by atoms with Gasteiger partial charge in [0, 0.05) is 24.7 Å². The zero-order valence-electron chi connectivity index (χ0n) is 16.3. The van der Waals surface area contributed by atoms with Crippen LogP contribution in [0.1, 0.15) is 64.7 Å². The number of hydrogen-bond donors (Lipinski definition) is 3. The molecule has 1 aliphatic carbocycles. The molecule has 1 rings (SSSR count). The van der Waals surface area contributed by atoms with Gasteiger partial charge in [-0.3, -0.25) is 9.59 Å². The maximum Gasteiger partial charge on any atom is 0.303 e. The first-order valence-electron chi connectivity index (χ1n) is 9.93. The van der Waals surface area contributed by atoms with Crippen molar-refractivity contribution < 1.29 is 24.9 Å². The van der Waals surface area contributed by atoms with Crippen molar-refractivity contribution in [2.45, 2.75) is 76.4 Å². The number of aliphatic hydroxyl groups is 2. The van der Waals surface area contributed by atoms with Crippen molar-refractivity contribution in [3.05, 3.63) is 37.0 Å². The Bertz CT molecular complexity index is 551. The SMILES string of the molecule is C=C[C@](O)(CC=C[C@H]1[C@H](O)CC(=O)[C@@H]1CC=CCCCC(=O)O)CCCC. The molecule has 152 valence electrons. The van der Waals surface area contributed by atoms with Crippen LogP contribution in [-0.2, 0) is 9.59 Å². The molecule has 0 saturated heterocycles. The number of carboxylic acids is 1. The third kappa shape index (κ3) is 8.22. The van der Waals surface area contributed by atoms with E-state index >= 15 is 0 Å². The first-order valence-corrected chi connectivity index (χ1v) is 9.93. The highest BCUT2D eigenvalue weighted by Crippen LogP contribution is 2.34. The molecule has 1 saturated carbocycles. The van der Waals surface area contributed by atoms with Gasteiger partial charge in [0.25, 0.3) is 0 Å². The maximum absolute atomic E-state index is 12.2. The zero-order chi connectivity index (χ0) is 20.3. The molecule has 0 heterocycles. The Morgan fingerprint density at radius 2 is 2.04 bits per heavy atom. The lowest BCUT2D eigenvalue weighted by Crippen LogP contribution is -2.25. The molecule has 5 heteroatoms. The van der Waals surface area contributed by atoms with Crippen LogP contribution in [0.15, 0.2) is 37.0 Å². The van der Waals surface area contributed by atoms with Crippen LogP contribution in [-0.4, -0.2) is 38.8 Å². The normalized spacial score (nSPS) is 25.3. The monoisotopic (exact) mass is 378 g/mol. The van der Waals surface area contributed by atoms with Crippen molar-refractivity contribution >= 4 is 11.8 Å². The number of ketones is 1. The van der Waals surface area contributed by atoms with E-state index in [0.29, 0.717) is 32.1 Å². The highest BCUT2D eigenvalue weighted by Gasteiger charge is 2.39. The van der Waals surface area contributed by atoms with Crippen molar-refractivity contribution in [3.8, 4) is 0 Å². The molecule has 5 nitrogen and oxygen atoms in total. The Hall–Kier alpha value is -1.72. The van der Waals surface area contributed by atoms with E-state index in [9.17, 15) is 19.8 Å². The Balaban J connectivity index is 2.59. The number of Topliss-reactive ketones (excluding diaryl/α,β-unsaturated/α-hetero) is 1. The van der Waals surface area contributed by atoms with Gasteiger partial charge in [-0.15, -0.1) is 6.58 Å². The molecule has 0 amide bonds. The minimum absolute atomic E-state index is 0.0531. The van der Waals surface area contributed by atoms with Gasteiger partial charge < -0.3 is 15.3 Å². The molecule has 0 aliphatic heterocycles. The van der Waals surface area contributed by atoms with Crippen LogP contribution in [0.25, 0.3) is 0 Å². The van der Waals surface area contributed by atoms with Gasteiger partial charge in [0.15, 0.2) is 0 Å². The molecule has 4 atom stereocenters. The Labute approximate surface area is 162 Å². The van der Waals surface area contributed by atoms with E-state index in [2.05, 4.69) is 13.5 Å². The van der Waals surface area contributed by atoms with E-state index in [1.54, 1.807) is 6.08 Å². The number of hydrogen-bond acceptors (Lipinski definition) is 4. The quantitative estimate of drug-likeness (QED) is 0.335. The van der Waals surface area contributed by atoms with E-state index in [1.807, 2.05) is 24.3 Å². The Morgan fingerprint density at radius 1 is 1.30 bits per heavy atom. The molecule has 0 unspecified atom stereocenters. The molecule has 0 spiro atoms. The lowest BCUT2D eigenvalue weighted by Gasteiger charge is -2.23. The van der Waals surface area contributed by atoms with Crippen molar-refractivity contribution in [1.82, 2.24) is 0 Å². The van der Waals surface area contributed by atoms with Crippen LogP contribution in [0.4, 0.5) is 0 Å². The van der Waals surface area contributed by atoms with Gasteiger partial charge >= 0.3 is 5.97 Å². The summed E-state index contributed by atoms with van der Waals surface area (Å²) in [5, 5.41) is 29.4. The average molecular weight is 379 g/mol. The average Bonchev–Trinajstić information content (AvgIpc) is 2.89. The molecule has 3 N–H and O–H groups in total. The van der Waals surface area contributed by atoms with Crippen molar-refractivity contribution in [3.63, 3.8) is 0 Å². The maximum atomic E-state index is 12.2. The predicted octanol–water partition coefficient (Wildman–Crippen LogP) is 3.81. The topological polar surface area (TPSA) is 94.8 Å². The van der Waals surface area contributed by atoms with Crippen LogP contribution in [0.5, 0.6) is 0 Å². The summed E-state index contributed by atoms with van der Waals surface area (Å²) < 4.78 is 0. The van der Waals surface area contributed by atoms with Gasteiger partial charge in [-0.2, -0.15) is 0 Å². The molecule has 0 aromatic rings. The van der Waals surface area contributed by atoms with Crippen molar-refractivity contribution in [2.75, 3.05) is 0 Å². The molecule has 0 aromatic heterocycles. The standard InChI is InChI=1S/C22H34O5/c1-3-5-14-22(27,4-2)15-10-12-18-17(19(23)16-20(18)24)11-8-6-7-9-13-21(25)26/h4,6,8,10,12,17-18,20,24,27H,2-3,5,7,9,11,13-16H2,1H3,(H,25,26)/t17-,18-,20-,22-/m1/s1. The minimum atomic E-state index is -0.945. The second-order valence-electron chi connectivity index (χ2n) is 7.46. The number of unbranched alkanes of at least 4 members (excludes halogenated alkanes) is 2. The number of rotatable bonds is 13. The molecule has 0 aromatic carbocycles. The summed E-state index contributed by atoms with van der Waals surface area (Å²) in [6.07, 6.45) is 13.5. The lowest BCUT2D eigenvalue weighted by atomic mass is 9.88. The predicted molar refractivity (Wildman–Crippen MR) is 106 cm³/mol. The van der Waals surface area contributed by atoms with Gasteiger partial charge in [0.1, 0.15) is 5.78 Å². The molecule has 0 radical (unpaired) electrons. The van der Waals surface area contributed by atoms with Crippen LogP contribution in [0, 0.1) is 11.8 Å². The number of aliphatic carboxylic acids is 1. The number of allylic oxidation sites excluding steroid dienone is 2. The summed E-state index contributed by atoms with van der Waals surface area (Å²) in [6, 6.07) is 0. The fourth-order valence-electron chi connectivity index (χ4n) is 3.46. The summed E-state index contributed by atoms with van der Waals surface area (Å²) in [4.78, 5) is 22.7. The smallest absolute Gasteiger partial charge is 0.303 e. The molecular formula is C22H34O5. The fourth-order valence-corrected chi connectivity index (χ4v) is 3.46.